The van der Waals surface area contributed by atoms with Crippen LogP contribution in [0.1, 0.15) is 52.4 Å². The predicted molar refractivity (Wildman–Crippen MR) is 65.5 cm³/mol. The molecule has 0 unspecified atom stereocenters. The van der Waals surface area contributed by atoms with Gasteiger partial charge in [0.2, 0.25) is 0 Å². The molecule has 0 amide bonds. The number of rotatable bonds is 4. The Morgan fingerprint density at radius 2 is 1.14 bits per heavy atom. The SMILES string of the molecule is [Al+3].[C-]#CCCCC.[C-]#CCCCC.[CH3-]. The van der Waals surface area contributed by atoms with E-state index in [1.54, 1.807) is 0 Å². The summed E-state index contributed by atoms with van der Waals surface area (Å²) < 4.78 is 0. The zero-order chi connectivity index (χ0) is 9.66. The summed E-state index contributed by atoms with van der Waals surface area (Å²) in [5.74, 6) is 4.64. The van der Waals surface area contributed by atoms with Crippen LogP contribution < -0.4 is 0 Å². The third kappa shape index (κ3) is 41.4. The first-order valence-electron chi connectivity index (χ1n) is 4.62. The molecule has 0 N–H and O–H groups in total. The molecule has 0 aromatic carbocycles. The van der Waals surface area contributed by atoms with Crippen molar-refractivity contribution in [2.75, 3.05) is 0 Å². The normalized spacial score (nSPS) is 6.29. The number of hydrogen-bond donors (Lipinski definition) is 0. The van der Waals surface area contributed by atoms with E-state index in [2.05, 4.69) is 25.7 Å². The first-order valence-corrected chi connectivity index (χ1v) is 4.62. The van der Waals surface area contributed by atoms with Gasteiger partial charge in [0.15, 0.2) is 0 Å². The van der Waals surface area contributed by atoms with Crippen molar-refractivity contribution in [1.82, 2.24) is 0 Å². The Kier molecular flexibility index (Phi) is 49.2. The average Bonchev–Trinajstić information content (AvgIpc) is 2.12. The fourth-order valence-electron chi connectivity index (χ4n) is 0.530. The Hall–Kier alpha value is -0.348. The fraction of sp³-hybridized carbons (Fsp3) is 0.615. The minimum absolute atomic E-state index is 0. The van der Waals surface area contributed by atoms with Crippen LogP contribution in [0.5, 0.6) is 0 Å². The Morgan fingerprint density at radius 3 is 1.21 bits per heavy atom. The number of unbranched alkanes of at least 4 members (excludes halogenated alkanes) is 4. The van der Waals surface area contributed by atoms with Crippen LogP contribution in [0.3, 0.4) is 0 Å². The monoisotopic (exact) mass is 204 g/mol. The second kappa shape index (κ2) is 29.3. The maximum Gasteiger partial charge on any atom is 3.00 e. The standard InChI is InChI=1S/2C6H9.CH3.Al/c2*1-3-5-6-4-2;;/h2*3,5-6H2,1H3;1H3;/q3*-1;+3. The molecule has 0 aromatic rings. The molecular formula is C13H21Al. The molecule has 0 aliphatic carbocycles. The average molecular weight is 204 g/mol. The second-order valence-corrected chi connectivity index (χ2v) is 2.56. The van der Waals surface area contributed by atoms with Gasteiger partial charge in [-0.1, -0.05) is 26.7 Å². The van der Waals surface area contributed by atoms with E-state index in [-0.39, 0.29) is 24.8 Å². The molecule has 0 aliphatic heterocycles. The smallest absolute Gasteiger partial charge is 0.694 e. The second-order valence-electron chi connectivity index (χ2n) is 2.56. The third-order valence-electron chi connectivity index (χ3n) is 1.31. The molecule has 0 heterocycles. The van der Waals surface area contributed by atoms with Gasteiger partial charge < -0.3 is 32.1 Å². The van der Waals surface area contributed by atoms with E-state index < -0.39 is 0 Å². The minimum Gasteiger partial charge on any atom is -0.694 e. The van der Waals surface area contributed by atoms with Crippen LogP contribution in [0.4, 0.5) is 0 Å². The van der Waals surface area contributed by atoms with E-state index in [9.17, 15) is 0 Å². The molecule has 0 saturated heterocycles. The van der Waals surface area contributed by atoms with Gasteiger partial charge in [-0.05, 0) is 25.7 Å². The third-order valence-corrected chi connectivity index (χ3v) is 1.31. The maximum atomic E-state index is 6.46. The molecular weight excluding hydrogens is 183 g/mol. The van der Waals surface area contributed by atoms with Gasteiger partial charge in [0.1, 0.15) is 0 Å². The fourth-order valence-corrected chi connectivity index (χ4v) is 0.530. The molecule has 14 heavy (non-hydrogen) atoms. The van der Waals surface area contributed by atoms with Crippen molar-refractivity contribution in [3.05, 3.63) is 20.3 Å². The molecule has 0 bridgehead atoms. The van der Waals surface area contributed by atoms with Gasteiger partial charge in [-0.3, -0.25) is 0 Å². The summed E-state index contributed by atoms with van der Waals surface area (Å²) in [7, 11) is 0. The van der Waals surface area contributed by atoms with Gasteiger partial charge >= 0.3 is 17.4 Å². The van der Waals surface area contributed by atoms with Crippen molar-refractivity contribution in [3.8, 4) is 11.8 Å². The summed E-state index contributed by atoms with van der Waals surface area (Å²) in [6, 6.07) is 0. The van der Waals surface area contributed by atoms with Crippen LogP contribution >= 0.6 is 0 Å². The van der Waals surface area contributed by atoms with E-state index in [0.717, 1.165) is 25.7 Å². The quantitative estimate of drug-likeness (QED) is 0.284. The van der Waals surface area contributed by atoms with Crippen molar-refractivity contribution >= 4 is 17.4 Å². The number of hydrogen-bond acceptors (Lipinski definition) is 0. The summed E-state index contributed by atoms with van der Waals surface area (Å²) in [6.45, 7) is 4.22. The van der Waals surface area contributed by atoms with E-state index >= 15 is 0 Å². The first kappa shape index (κ1) is 23.5. The van der Waals surface area contributed by atoms with E-state index in [1.807, 2.05) is 0 Å². The largest absolute Gasteiger partial charge is 3.00 e. The van der Waals surface area contributed by atoms with Crippen LogP contribution in [0, 0.1) is 32.1 Å². The molecule has 76 valence electrons. The molecule has 0 nitrogen and oxygen atoms in total. The van der Waals surface area contributed by atoms with Crippen molar-refractivity contribution in [2.45, 2.75) is 52.4 Å². The molecule has 0 fully saturated rings. The Bertz CT molecular complexity index is 118. The van der Waals surface area contributed by atoms with Gasteiger partial charge in [-0.25, -0.2) is 0 Å². The Labute approximate surface area is 102 Å². The van der Waals surface area contributed by atoms with Gasteiger partial charge in [0, 0.05) is 0 Å². The molecule has 0 radical (unpaired) electrons. The van der Waals surface area contributed by atoms with Crippen molar-refractivity contribution in [2.24, 2.45) is 0 Å². The van der Waals surface area contributed by atoms with Crippen LogP contribution in [-0.4, -0.2) is 17.4 Å². The summed E-state index contributed by atoms with van der Waals surface area (Å²) in [5.41, 5.74) is 0. The predicted octanol–water partition coefficient (Wildman–Crippen LogP) is 3.60. The summed E-state index contributed by atoms with van der Waals surface area (Å²) in [5, 5.41) is 0. The molecule has 1 heteroatoms. The van der Waals surface area contributed by atoms with E-state index in [1.165, 1.54) is 12.8 Å². The Balaban J connectivity index is -0.0000000625. The molecule has 0 rings (SSSR count). The molecule has 0 aromatic heterocycles. The van der Waals surface area contributed by atoms with E-state index in [0.29, 0.717) is 0 Å². The van der Waals surface area contributed by atoms with Crippen molar-refractivity contribution in [3.63, 3.8) is 0 Å². The first-order chi connectivity index (χ1) is 5.83. The molecule has 0 aliphatic rings. The maximum absolute atomic E-state index is 6.46. The van der Waals surface area contributed by atoms with Crippen LogP contribution in [0.25, 0.3) is 0 Å². The van der Waals surface area contributed by atoms with Gasteiger partial charge in [-0.2, -0.15) is 0 Å². The summed E-state index contributed by atoms with van der Waals surface area (Å²) in [6.07, 6.45) is 19.1. The molecule has 0 spiro atoms. The van der Waals surface area contributed by atoms with Crippen LogP contribution in [-0.2, 0) is 0 Å². The van der Waals surface area contributed by atoms with Gasteiger partial charge in [0.25, 0.3) is 0 Å². The van der Waals surface area contributed by atoms with Crippen LogP contribution in [0.15, 0.2) is 0 Å². The van der Waals surface area contributed by atoms with Crippen LogP contribution in [0.2, 0.25) is 0 Å². The summed E-state index contributed by atoms with van der Waals surface area (Å²) in [4.78, 5) is 0. The minimum atomic E-state index is 0. The van der Waals surface area contributed by atoms with E-state index in [4.69, 9.17) is 12.8 Å². The summed E-state index contributed by atoms with van der Waals surface area (Å²) >= 11 is 0. The van der Waals surface area contributed by atoms with Crippen molar-refractivity contribution < 1.29 is 0 Å². The zero-order valence-electron chi connectivity index (χ0n) is 9.82. The topological polar surface area (TPSA) is 0 Å². The Morgan fingerprint density at radius 1 is 0.857 bits per heavy atom. The van der Waals surface area contributed by atoms with Gasteiger partial charge in [-0.15, -0.1) is 0 Å². The molecule has 0 saturated carbocycles. The van der Waals surface area contributed by atoms with Gasteiger partial charge in [0.05, 0.1) is 0 Å². The molecule has 0 atom stereocenters. The van der Waals surface area contributed by atoms with Crippen molar-refractivity contribution in [1.29, 1.82) is 0 Å². The zero-order valence-corrected chi connectivity index (χ0v) is 11.0.